The largest absolute Gasteiger partial charge is 0.457 e. The van der Waals surface area contributed by atoms with E-state index in [4.69, 9.17) is 9.47 Å². The van der Waals surface area contributed by atoms with Gasteiger partial charge in [-0.05, 0) is 104 Å². The monoisotopic (exact) mass is 548 g/mol. The molecule has 224 valence electrons. The van der Waals surface area contributed by atoms with Gasteiger partial charge in [0.05, 0.1) is 30.0 Å². The van der Waals surface area contributed by atoms with Crippen LogP contribution in [0.15, 0.2) is 0 Å². The molecule has 6 nitrogen and oxygen atoms in total. The zero-order valence-electron chi connectivity index (χ0n) is 26.2. The molecule has 0 bridgehead atoms. The van der Waals surface area contributed by atoms with Crippen molar-refractivity contribution in [1.82, 2.24) is 0 Å². The van der Waals surface area contributed by atoms with Crippen LogP contribution in [0.3, 0.4) is 0 Å². The Labute approximate surface area is 236 Å². The SMILES string of the molecule is CC(=O)O[C@H]([C@H]1C[C@@H](C)[C@@H]2[C@H](O1)[C@H](O)[C@@]1(C)[C@@H]3CC[C@H]4C(C)(C)[C@@H](O)CC[C@]4(C)[C@]3(C)CC[C@]21C)C(C)(C)O. The molecule has 0 aromatic rings. The summed E-state index contributed by atoms with van der Waals surface area (Å²) in [5.41, 5.74) is -1.60. The summed E-state index contributed by atoms with van der Waals surface area (Å²) in [5.74, 6) is 0.842. The first-order valence-electron chi connectivity index (χ1n) is 15.7. The van der Waals surface area contributed by atoms with Crippen LogP contribution in [0.2, 0.25) is 0 Å². The van der Waals surface area contributed by atoms with Gasteiger partial charge in [-0.2, -0.15) is 0 Å². The molecule has 1 aliphatic heterocycles. The number of aliphatic hydroxyl groups is 3. The van der Waals surface area contributed by atoms with Crippen LogP contribution in [0.4, 0.5) is 0 Å². The van der Waals surface area contributed by atoms with Crippen molar-refractivity contribution < 1.29 is 29.6 Å². The number of esters is 1. The molecule has 5 aliphatic rings. The Bertz CT molecular complexity index is 987. The highest BCUT2D eigenvalue weighted by atomic mass is 16.6. The van der Waals surface area contributed by atoms with Crippen molar-refractivity contribution in [2.45, 2.75) is 150 Å². The Balaban J connectivity index is 1.53. The Hall–Kier alpha value is -0.690. The van der Waals surface area contributed by atoms with Gasteiger partial charge in [0.15, 0.2) is 6.10 Å². The minimum atomic E-state index is -1.25. The molecular formula is C33H56O6. The highest BCUT2D eigenvalue weighted by Crippen LogP contribution is 2.79. The summed E-state index contributed by atoms with van der Waals surface area (Å²) in [6, 6.07) is 0. The number of aliphatic hydroxyl groups excluding tert-OH is 2. The van der Waals surface area contributed by atoms with Gasteiger partial charge in [0.2, 0.25) is 0 Å². The molecule has 39 heavy (non-hydrogen) atoms. The summed E-state index contributed by atoms with van der Waals surface area (Å²) >= 11 is 0. The molecule has 5 fully saturated rings. The van der Waals surface area contributed by atoms with Crippen LogP contribution in [-0.2, 0) is 14.3 Å². The first-order chi connectivity index (χ1) is 17.8. The van der Waals surface area contributed by atoms with Gasteiger partial charge in [-0.3, -0.25) is 4.79 Å². The maximum atomic E-state index is 12.4. The standard InChI is InChI=1S/C33H56O6/c1-18-17-20(27(29(5,6)37)38-19(2)34)39-25-24(18)32(9)16-15-31(8)22(33(32,10)26(25)36)12-11-21-28(3,4)23(35)13-14-30(21,31)7/h18,20-27,35-37H,11-17H2,1-10H3/t18-,20-,21+,22-,23+,24-,25+,26+,27-,30+,31-,32-,33-/m1/s1. The first kappa shape index (κ1) is 29.8. The molecule has 4 aliphatic carbocycles. The molecule has 0 aromatic carbocycles. The summed E-state index contributed by atoms with van der Waals surface area (Å²) in [5, 5.41) is 34.3. The Morgan fingerprint density at radius 1 is 0.923 bits per heavy atom. The second kappa shape index (κ2) is 8.91. The summed E-state index contributed by atoms with van der Waals surface area (Å²) in [4.78, 5) is 12.0. The normalized spacial score (nSPS) is 53.6. The molecule has 3 N–H and O–H groups in total. The Morgan fingerprint density at radius 2 is 1.49 bits per heavy atom. The number of hydrogen-bond acceptors (Lipinski definition) is 6. The maximum Gasteiger partial charge on any atom is 0.303 e. The highest BCUT2D eigenvalue weighted by molar-refractivity contribution is 5.66. The van der Waals surface area contributed by atoms with E-state index in [9.17, 15) is 20.1 Å². The Morgan fingerprint density at radius 3 is 2.08 bits per heavy atom. The van der Waals surface area contributed by atoms with E-state index in [1.165, 1.54) is 6.92 Å². The van der Waals surface area contributed by atoms with Gasteiger partial charge in [-0.1, -0.05) is 48.5 Å². The second-order valence-corrected chi connectivity index (χ2v) is 16.6. The molecule has 0 aromatic heterocycles. The van der Waals surface area contributed by atoms with E-state index in [0.717, 1.165) is 38.5 Å². The van der Waals surface area contributed by atoms with Crippen LogP contribution < -0.4 is 0 Å². The number of carbonyl (C=O) groups is 1. The van der Waals surface area contributed by atoms with Crippen molar-refractivity contribution in [2.75, 3.05) is 0 Å². The molecule has 0 radical (unpaired) electrons. The number of ether oxygens (including phenoxy) is 2. The lowest BCUT2D eigenvalue weighted by Gasteiger charge is -2.72. The van der Waals surface area contributed by atoms with Gasteiger partial charge in [0.25, 0.3) is 0 Å². The van der Waals surface area contributed by atoms with Crippen molar-refractivity contribution in [2.24, 2.45) is 50.7 Å². The molecular weight excluding hydrogens is 492 g/mol. The summed E-state index contributed by atoms with van der Waals surface area (Å²) < 4.78 is 12.4. The third-order valence-corrected chi connectivity index (χ3v) is 14.3. The van der Waals surface area contributed by atoms with Gasteiger partial charge in [-0.25, -0.2) is 0 Å². The van der Waals surface area contributed by atoms with Gasteiger partial charge >= 0.3 is 5.97 Å². The smallest absolute Gasteiger partial charge is 0.303 e. The zero-order valence-corrected chi connectivity index (χ0v) is 26.2. The fourth-order valence-electron chi connectivity index (χ4n) is 12.0. The van der Waals surface area contributed by atoms with Gasteiger partial charge in [0.1, 0.15) is 0 Å². The van der Waals surface area contributed by atoms with Crippen molar-refractivity contribution in [3.63, 3.8) is 0 Å². The predicted molar refractivity (Wildman–Crippen MR) is 151 cm³/mol. The predicted octanol–water partition coefficient (Wildman–Crippen LogP) is 5.50. The van der Waals surface area contributed by atoms with Crippen LogP contribution in [0.5, 0.6) is 0 Å². The van der Waals surface area contributed by atoms with E-state index in [1.54, 1.807) is 13.8 Å². The maximum absolute atomic E-state index is 12.4. The molecule has 13 atom stereocenters. The first-order valence-corrected chi connectivity index (χ1v) is 15.7. The van der Waals surface area contributed by atoms with Crippen molar-refractivity contribution in [3.05, 3.63) is 0 Å². The lowest BCUT2D eigenvalue weighted by atomic mass is 9.32. The van der Waals surface area contributed by atoms with Crippen LogP contribution >= 0.6 is 0 Å². The molecule has 0 spiro atoms. The quantitative estimate of drug-likeness (QED) is 0.403. The van der Waals surface area contributed by atoms with E-state index in [1.807, 2.05) is 0 Å². The number of hydrogen-bond donors (Lipinski definition) is 3. The molecule has 6 heteroatoms. The van der Waals surface area contributed by atoms with Crippen LogP contribution in [0.1, 0.15) is 114 Å². The number of rotatable bonds is 3. The number of carbonyl (C=O) groups excluding carboxylic acids is 1. The molecule has 0 amide bonds. The van der Waals surface area contributed by atoms with E-state index in [-0.39, 0.29) is 51.1 Å². The molecule has 0 unspecified atom stereocenters. The zero-order chi connectivity index (χ0) is 29.1. The fraction of sp³-hybridized carbons (Fsp3) is 0.970. The lowest BCUT2D eigenvalue weighted by Crippen LogP contribution is -2.67. The van der Waals surface area contributed by atoms with Crippen LogP contribution in [0.25, 0.3) is 0 Å². The molecule has 5 rings (SSSR count). The summed E-state index contributed by atoms with van der Waals surface area (Å²) in [6.45, 7) is 21.3. The van der Waals surface area contributed by atoms with E-state index in [0.29, 0.717) is 18.3 Å². The van der Waals surface area contributed by atoms with Gasteiger partial charge < -0.3 is 24.8 Å². The molecule has 1 heterocycles. The second-order valence-electron chi connectivity index (χ2n) is 16.6. The minimum Gasteiger partial charge on any atom is -0.457 e. The van der Waals surface area contributed by atoms with E-state index in [2.05, 4.69) is 48.5 Å². The van der Waals surface area contributed by atoms with E-state index >= 15 is 0 Å². The summed E-state index contributed by atoms with van der Waals surface area (Å²) in [7, 11) is 0. The van der Waals surface area contributed by atoms with Crippen molar-refractivity contribution >= 4 is 5.97 Å². The number of fused-ring (bicyclic) bond motifs is 7. The summed E-state index contributed by atoms with van der Waals surface area (Å²) in [6.07, 6.45) is 4.41. The highest BCUT2D eigenvalue weighted by Gasteiger charge is 2.77. The van der Waals surface area contributed by atoms with E-state index < -0.39 is 29.9 Å². The van der Waals surface area contributed by atoms with Crippen molar-refractivity contribution in [3.8, 4) is 0 Å². The molecule has 1 saturated heterocycles. The van der Waals surface area contributed by atoms with Gasteiger partial charge in [-0.15, -0.1) is 0 Å². The average Bonchev–Trinajstić information content (AvgIpc) is 2.99. The van der Waals surface area contributed by atoms with Gasteiger partial charge in [0, 0.05) is 12.3 Å². The lowest BCUT2D eigenvalue weighted by molar-refractivity contribution is -0.256. The fourth-order valence-corrected chi connectivity index (χ4v) is 12.0. The Kier molecular flexibility index (Phi) is 6.80. The third-order valence-electron chi connectivity index (χ3n) is 14.3. The van der Waals surface area contributed by atoms with Crippen LogP contribution in [-0.4, -0.2) is 57.4 Å². The van der Waals surface area contributed by atoms with Crippen LogP contribution in [0, 0.1) is 50.7 Å². The topological polar surface area (TPSA) is 96.2 Å². The van der Waals surface area contributed by atoms with Crippen molar-refractivity contribution in [1.29, 1.82) is 0 Å². The minimum absolute atomic E-state index is 0.0616. The third kappa shape index (κ3) is 3.75. The molecule has 4 saturated carbocycles. The average molecular weight is 549 g/mol.